The monoisotopic (exact) mass is 387 g/mol. The zero-order valence-electron chi connectivity index (χ0n) is 11.0. The molecule has 0 saturated heterocycles. The van der Waals surface area contributed by atoms with E-state index >= 15 is 0 Å². The number of alkyl halides is 1. The van der Waals surface area contributed by atoms with Crippen LogP contribution in [0.15, 0.2) is 28.0 Å². The average Bonchev–Trinajstić information content (AvgIpc) is 2.34. The first kappa shape index (κ1) is 17.5. The molecule has 0 spiro atoms. The van der Waals surface area contributed by atoms with Crippen LogP contribution in [-0.4, -0.2) is 46.3 Å². The van der Waals surface area contributed by atoms with Crippen LogP contribution in [0.4, 0.5) is 4.39 Å². The molecule has 5 nitrogen and oxygen atoms in total. The van der Waals surface area contributed by atoms with Crippen molar-refractivity contribution < 1.29 is 21.2 Å². The predicted molar refractivity (Wildman–Crippen MR) is 77.7 cm³/mol. The SMILES string of the molecule is CN(CCCBr)S(=O)(=O)c1cc(S(C)(=O)=O)ccc1F. The number of benzene rings is 1. The predicted octanol–water partition coefficient (Wildman–Crippen LogP) is 1.63. The lowest BCUT2D eigenvalue weighted by Gasteiger charge is -2.17. The second-order valence-electron chi connectivity index (χ2n) is 4.23. The van der Waals surface area contributed by atoms with Gasteiger partial charge in [-0.15, -0.1) is 0 Å². The molecule has 1 aromatic rings. The third-order valence-electron chi connectivity index (χ3n) is 2.63. The van der Waals surface area contributed by atoms with Gasteiger partial charge in [-0.2, -0.15) is 0 Å². The van der Waals surface area contributed by atoms with Crippen molar-refractivity contribution in [3.8, 4) is 0 Å². The Bertz CT molecular complexity index is 688. The van der Waals surface area contributed by atoms with E-state index in [2.05, 4.69) is 15.9 Å². The summed E-state index contributed by atoms with van der Waals surface area (Å²) in [5.74, 6) is -0.969. The molecule has 0 unspecified atom stereocenters. The fourth-order valence-corrected chi connectivity index (χ4v) is 3.75. The van der Waals surface area contributed by atoms with Gasteiger partial charge in [-0.05, 0) is 24.6 Å². The molecule has 0 aliphatic heterocycles. The maximum Gasteiger partial charge on any atom is 0.245 e. The summed E-state index contributed by atoms with van der Waals surface area (Å²) < 4.78 is 62.0. The Kier molecular flexibility index (Phi) is 5.70. The maximum atomic E-state index is 13.7. The highest BCUT2D eigenvalue weighted by Gasteiger charge is 2.25. The molecular weight excluding hydrogens is 373 g/mol. The Morgan fingerprint density at radius 1 is 1.25 bits per heavy atom. The van der Waals surface area contributed by atoms with E-state index in [0.717, 1.165) is 28.8 Å². The van der Waals surface area contributed by atoms with E-state index < -0.39 is 30.6 Å². The van der Waals surface area contributed by atoms with Crippen molar-refractivity contribution in [1.82, 2.24) is 4.31 Å². The molecule has 114 valence electrons. The molecule has 0 N–H and O–H groups in total. The third kappa shape index (κ3) is 4.00. The van der Waals surface area contributed by atoms with Crippen LogP contribution in [0.3, 0.4) is 0 Å². The normalized spacial score (nSPS) is 12.8. The molecule has 0 atom stereocenters. The van der Waals surface area contributed by atoms with Gasteiger partial charge in [-0.3, -0.25) is 0 Å². The smallest absolute Gasteiger partial charge is 0.224 e. The lowest BCUT2D eigenvalue weighted by atomic mass is 10.3. The van der Waals surface area contributed by atoms with Gasteiger partial charge in [0.15, 0.2) is 9.84 Å². The molecule has 0 aromatic heterocycles. The number of halogens is 2. The van der Waals surface area contributed by atoms with Crippen LogP contribution in [0.25, 0.3) is 0 Å². The first-order valence-electron chi connectivity index (χ1n) is 5.62. The molecule has 0 saturated carbocycles. The zero-order chi connectivity index (χ0) is 15.6. The summed E-state index contributed by atoms with van der Waals surface area (Å²) in [6.07, 6.45) is 1.49. The van der Waals surface area contributed by atoms with Gasteiger partial charge < -0.3 is 0 Å². The molecule has 0 amide bonds. The second kappa shape index (κ2) is 6.50. The van der Waals surface area contributed by atoms with Crippen molar-refractivity contribution in [2.24, 2.45) is 0 Å². The molecule has 0 fully saturated rings. The highest BCUT2D eigenvalue weighted by atomic mass is 79.9. The highest BCUT2D eigenvalue weighted by molar-refractivity contribution is 9.09. The van der Waals surface area contributed by atoms with Crippen molar-refractivity contribution in [3.63, 3.8) is 0 Å². The van der Waals surface area contributed by atoms with Crippen LogP contribution >= 0.6 is 15.9 Å². The number of hydrogen-bond donors (Lipinski definition) is 0. The number of sulfone groups is 1. The fourth-order valence-electron chi connectivity index (χ4n) is 1.48. The average molecular weight is 388 g/mol. The Balaban J connectivity index is 3.31. The van der Waals surface area contributed by atoms with Crippen LogP contribution in [0.5, 0.6) is 0 Å². The van der Waals surface area contributed by atoms with E-state index in [4.69, 9.17) is 0 Å². The van der Waals surface area contributed by atoms with E-state index in [1.807, 2.05) is 0 Å². The quantitative estimate of drug-likeness (QED) is 0.549. The Labute approximate surface area is 126 Å². The van der Waals surface area contributed by atoms with Crippen LogP contribution in [0.1, 0.15) is 6.42 Å². The number of nitrogens with zero attached hydrogens (tertiary/aromatic N) is 1. The molecule has 0 heterocycles. The minimum absolute atomic E-state index is 0.204. The van der Waals surface area contributed by atoms with Crippen molar-refractivity contribution in [2.75, 3.05) is 25.2 Å². The van der Waals surface area contributed by atoms with Gasteiger partial charge in [-0.25, -0.2) is 25.5 Å². The minimum atomic E-state index is -4.05. The van der Waals surface area contributed by atoms with Gasteiger partial charge >= 0.3 is 0 Å². The largest absolute Gasteiger partial charge is 0.245 e. The second-order valence-corrected chi connectivity index (χ2v) is 9.06. The van der Waals surface area contributed by atoms with Crippen LogP contribution in [-0.2, 0) is 19.9 Å². The summed E-state index contributed by atoms with van der Waals surface area (Å²) in [4.78, 5) is -0.858. The molecule has 1 rings (SSSR count). The van der Waals surface area contributed by atoms with Gasteiger partial charge in [0.1, 0.15) is 10.7 Å². The summed E-state index contributed by atoms with van der Waals surface area (Å²) in [6.45, 7) is 0.204. The van der Waals surface area contributed by atoms with Crippen LogP contribution < -0.4 is 0 Å². The van der Waals surface area contributed by atoms with E-state index in [-0.39, 0.29) is 11.4 Å². The first-order valence-corrected chi connectivity index (χ1v) is 10.1. The summed E-state index contributed by atoms with van der Waals surface area (Å²) >= 11 is 3.18. The zero-order valence-corrected chi connectivity index (χ0v) is 14.2. The summed E-state index contributed by atoms with van der Waals surface area (Å²) in [6, 6.07) is 2.74. The fraction of sp³-hybridized carbons (Fsp3) is 0.455. The lowest BCUT2D eigenvalue weighted by Crippen LogP contribution is -2.29. The molecule has 0 aliphatic rings. The number of hydrogen-bond acceptors (Lipinski definition) is 4. The van der Waals surface area contributed by atoms with Crippen molar-refractivity contribution in [3.05, 3.63) is 24.0 Å². The third-order valence-corrected chi connectivity index (χ3v) is 6.17. The molecular formula is C11H15BrFNO4S2. The topological polar surface area (TPSA) is 71.5 Å². The highest BCUT2D eigenvalue weighted by Crippen LogP contribution is 2.22. The molecule has 0 radical (unpaired) electrons. The van der Waals surface area contributed by atoms with Gasteiger partial charge in [-0.1, -0.05) is 15.9 Å². The summed E-state index contributed by atoms with van der Waals surface area (Å²) in [5.41, 5.74) is 0. The van der Waals surface area contributed by atoms with Gasteiger partial charge in [0.25, 0.3) is 0 Å². The summed E-state index contributed by atoms with van der Waals surface area (Å²) in [5, 5.41) is 0.610. The Hall–Kier alpha value is -0.510. The lowest BCUT2D eigenvalue weighted by molar-refractivity contribution is 0.462. The maximum absolute atomic E-state index is 13.7. The first-order chi connectivity index (χ1) is 9.10. The van der Waals surface area contributed by atoms with Gasteiger partial charge in [0, 0.05) is 25.2 Å². The van der Waals surface area contributed by atoms with E-state index in [9.17, 15) is 21.2 Å². The molecule has 20 heavy (non-hydrogen) atoms. The van der Waals surface area contributed by atoms with Crippen LogP contribution in [0.2, 0.25) is 0 Å². The van der Waals surface area contributed by atoms with Crippen molar-refractivity contribution in [1.29, 1.82) is 0 Å². The number of sulfonamides is 1. The Morgan fingerprint density at radius 2 is 1.85 bits per heavy atom. The molecule has 0 aliphatic carbocycles. The van der Waals surface area contributed by atoms with Crippen molar-refractivity contribution in [2.45, 2.75) is 16.2 Å². The summed E-state index contributed by atoms with van der Waals surface area (Å²) in [7, 11) is -6.33. The molecule has 9 heteroatoms. The van der Waals surface area contributed by atoms with Gasteiger partial charge in [0.2, 0.25) is 10.0 Å². The number of rotatable bonds is 6. The van der Waals surface area contributed by atoms with E-state index in [0.29, 0.717) is 11.8 Å². The van der Waals surface area contributed by atoms with Gasteiger partial charge in [0.05, 0.1) is 4.90 Å². The molecule has 1 aromatic carbocycles. The standard InChI is InChI=1S/C11H15BrFNO4S2/c1-14(7-3-6-12)20(17,18)11-8-9(19(2,15)16)4-5-10(11)13/h4-5,8H,3,6-7H2,1-2H3. The van der Waals surface area contributed by atoms with Crippen molar-refractivity contribution >= 4 is 35.8 Å². The molecule has 0 bridgehead atoms. The Morgan fingerprint density at radius 3 is 2.35 bits per heavy atom. The van der Waals surface area contributed by atoms with Crippen LogP contribution in [0, 0.1) is 5.82 Å². The minimum Gasteiger partial charge on any atom is -0.224 e. The van der Waals surface area contributed by atoms with E-state index in [1.54, 1.807) is 0 Å². The van der Waals surface area contributed by atoms with E-state index in [1.165, 1.54) is 7.05 Å².